The number of nitrogens with zero attached hydrogens (tertiary/aromatic N) is 2. The van der Waals surface area contributed by atoms with E-state index in [4.69, 9.17) is 9.84 Å². The van der Waals surface area contributed by atoms with Crippen LogP contribution in [0, 0.1) is 0 Å². The number of carbonyl (C=O) groups excluding carboxylic acids is 1. The van der Waals surface area contributed by atoms with E-state index in [9.17, 15) is 9.59 Å². The van der Waals surface area contributed by atoms with E-state index in [-0.39, 0.29) is 18.6 Å². The minimum absolute atomic E-state index is 0.114. The molecule has 0 aliphatic carbocycles. The van der Waals surface area contributed by atoms with Crippen LogP contribution in [0.25, 0.3) is 0 Å². The molecule has 1 aliphatic heterocycles. The summed E-state index contributed by atoms with van der Waals surface area (Å²) in [4.78, 5) is 22.2. The number of rotatable bonds is 4. The van der Waals surface area contributed by atoms with Gasteiger partial charge in [-0.1, -0.05) is 0 Å². The van der Waals surface area contributed by atoms with E-state index < -0.39 is 5.97 Å². The van der Waals surface area contributed by atoms with E-state index in [1.165, 1.54) is 17.1 Å². The van der Waals surface area contributed by atoms with Gasteiger partial charge in [-0.15, -0.1) is 0 Å². The van der Waals surface area contributed by atoms with Crippen LogP contribution in [0.4, 0.5) is 10.5 Å². The first-order chi connectivity index (χ1) is 9.13. The van der Waals surface area contributed by atoms with Crippen LogP contribution in [0.5, 0.6) is 0 Å². The Labute approximate surface area is 109 Å². The van der Waals surface area contributed by atoms with Crippen molar-refractivity contribution in [2.45, 2.75) is 25.4 Å². The average Bonchev–Trinajstić information content (AvgIpc) is 2.76. The maximum atomic E-state index is 11.7. The van der Waals surface area contributed by atoms with Crippen LogP contribution < -0.4 is 10.6 Å². The molecule has 2 heterocycles. The Morgan fingerprint density at radius 3 is 2.89 bits per heavy atom. The van der Waals surface area contributed by atoms with E-state index in [1.807, 2.05) is 0 Å². The van der Waals surface area contributed by atoms with E-state index in [1.54, 1.807) is 0 Å². The molecule has 2 rings (SSSR count). The van der Waals surface area contributed by atoms with Gasteiger partial charge in [0, 0.05) is 25.5 Å². The molecule has 0 radical (unpaired) electrons. The van der Waals surface area contributed by atoms with Crippen molar-refractivity contribution in [3.63, 3.8) is 0 Å². The third-order valence-electron chi connectivity index (χ3n) is 2.74. The molecule has 1 aliphatic rings. The fourth-order valence-electron chi connectivity index (χ4n) is 1.85. The number of anilines is 1. The Morgan fingerprint density at radius 1 is 1.47 bits per heavy atom. The van der Waals surface area contributed by atoms with E-state index in [0.717, 1.165) is 12.8 Å². The maximum absolute atomic E-state index is 11.7. The largest absolute Gasteiger partial charge is 0.480 e. The molecule has 19 heavy (non-hydrogen) atoms. The predicted molar refractivity (Wildman–Crippen MR) is 65.9 cm³/mol. The number of aliphatic carboxylic acids is 1. The summed E-state index contributed by atoms with van der Waals surface area (Å²) in [6.45, 7) is 1.08. The first-order valence-corrected chi connectivity index (χ1v) is 6.03. The fraction of sp³-hybridized carbons (Fsp3) is 0.545. The minimum atomic E-state index is -0.985. The predicted octanol–water partition coefficient (Wildman–Crippen LogP) is 0.268. The second-order valence-corrected chi connectivity index (χ2v) is 4.31. The normalized spacial score (nSPS) is 16.0. The molecule has 0 bridgehead atoms. The topological polar surface area (TPSA) is 105 Å². The first kappa shape index (κ1) is 13.3. The Balaban J connectivity index is 1.81. The summed E-state index contributed by atoms with van der Waals surface area (Å²) in [5.74, 6) is -0.985. The van der Waals surface area contributed by atoms with Gasteiger partial charge >= 0.3 is 12.0 Å². The molecule has 2 amide bonds. The van der Waals surface area contributed by atoms with Crippen molar-refractivity contribution in [1.29, 1.82) is 0 Å². The van der Waals surface area contributed by atoms with Gasteiger partial charge in [0.2, 0.25) is 0 Å². The smallest absolute Gasteiger partial charge is 0.325 e. The first-order valence-electron chi connectivity index (χ1n) is 6.03. The highest BCUT2D eigenvalue weighted by molar-refractivity contribution is 5.89. The van der Waals surface area contributed by atoms with Crippen LogP contribution in [0.15, 0.2) is 12.4 Å². The van der Waals surface area contributed by atoms with Crippen molar-refractivity contribution in [1.82, 2.24) is 15.1 Å². The van der Waals surface area contributed by atoms with Crippen molar-refractivity contribution in [2.75, 3.05) is 18.5 Å². The second kappa shape index (κ2) is 6.19. The molecular formula is C11H16N4O4. The molecule has 0 saturated carbocycles. The Hall–Kier alpha value is -2.09. The Bertz CT molecular complexity index is 453. The van der Waals surface area contributed by atoms with E-state index in [0.29, 0.717) is 18.9 Å². The van der Waals surface area contributed by atoms with Crippen LogP contribution in [-0.4, -0.2) is 46.1 Å². The molecule has 1 fully saturated rings. The number of nitrogens with one attached hydrogen (secondary N) is 2. The zero-order chi connectivity index (χ0) is 13.7. The standard InChI is InChI=1S/C11H16N4O4/c16-10(17)7-15-6-9(5-12-15)14-11(18)13-8-1-3-19-4-2-8/h5-6,8H,1-4,7H2,(H,16,17)(H2,13,14,18). The van der Waals surface area contributed by atoms with Crippen molar-refractivity contribution in [3.05, 3.63) is 12.4 Å². The van der Waals surface area contributed by atoms with Crippen molar-refractivity contribution >= 4 is 17.7 Å². The average molecular weight is 268 g/mol. The van der Waals surface area contributed by atoms with Gasteiger partial charge in [-0.05, 0) is 12.8 Å². The van der Waals surface area contributed by atoms with E-state index >= 15 is 0 Å². The number of carboxylic acids is 1. The molecular weight excluding hydrogens is 252 g/mol. The SMILES string of the molecule is O=C(O)Cn1cc(NC(=O)NC2CCOCC2)cn1. The molecule has 8 nitrogen and oxygen atoms in total. The highest BCUT2D eigenvalue weighted by Gasteiger charge is 2.16. The van der Waals surface area contributed by atoms with Gasteiger partial charge in [0.05, 0.1) is 11.9 Å². The molecule has 1 aromatic rings. The lowest BCUT2D eigenvalue weighted by Crippen LogP contribution is -2.41. The highest BCUT2D eigenvalue weighted by Crippen LogP contribution is 2.08. The zero-order valence-corrected chi connectivity index (χ0v) is 10.3. The fourth-order valence-corrected chi connectivity index (χ4v) is 1.85. The number of urea groups is 1. The number of hydrogen-bond donors (Lipinski definition) is 3. The highest BCUT2D eigenvalue weighted by atomic mass is 16.5. The van der Waals surface area contributed by atoms with Crippen molar-refractivity contribution < 1.29 is 19.4 Å². The van der Waals surface area contributed by atoms with Crippen LogP contribution in [0.2, 0.25) is 0 Å². The Kier molecular flexibility index (Phi) is 4.35. The summed E-state index contributed by atoms with van der Waals surface area (Å²) in [7, 11) is 0. The van der Waals surface area contributed by atoms with Crippen LogP contribution in [-0.2, 0) is 16.1 Å². The molecule has 0 aromatic carbocycles. The summed E-state index contributed by atoms with van der Waals surface area (Å²) < 4.78 is 6.44. The number of amides is 2. The lowest BCUT2D eigenvalue weighted by molar-refractivity contribution is -0.137. The lowest BCUT2D eigenvalue weighted by Gasteiger charge is -2.22. The zero-order valence-electron chi connectivity index (χ0n) is 10.3. The molecule has 8 heteroatoms. The van der Waals surface area contributed by atoms with Gasteiger partial charge in [-0.3, -0.25) is 9.48 Å². The molecule has 1 saturated heterocycles. The van der Waals surface area contributed by atoms with Crippen LogP contribution in [0.3, 0.4) is 0 Å². The molecule has 0 atom stereocenters. The van der Waals surface area contributed by atoms with Gasteiger partial charge in [0.15, 0.2) is 0 Å². The molecule has 104 valence electrons. The maximum Gasteiger partial charge on any atom is 0.325 e. The third-order valence-corrected chi connectivity index (χ3v) is 2.74. The van der Waals surface area contributed by atoms with Crippen LogP contribution >= 0.6 is 0 Å². The second-order valence-electron chi connectivity index (χ2n) is 4.31. The van der Waals surface area contributed by atoms with Crippen molar-refractivity contribution in [3.8, 4) is 0 Å². The summed E-state index contributed by atoms with van der Waals surface area (Å²) in [6.07, 6.45) is 4.47. The van der Waals surface area contributed by atoms with Gasteiger partial charge in [0.1, 0.15) is 6.54 Å². The molecule has 1 aromatic heterocycles. The molecule has 3 N–H and O–H groups in total. The summed E-state index contributed by atoms with van der Waals surface area (Å²) in [6, 6.07) is -0.204. The van der Waals surface area contributed by atoms with Gasteiger partial charge in [-0.25, -0.2) is 4.79 Å². The number of hydrogen-bond acceptors (Lipinski definition) is 4. The number of carboxylic acid groups (broad SMARTS) is 1. The summed E-state index contributed by atoms with van der Waals surface area (Å²) in [5, 5.41) is 17.9. The quantitative estimate of drug-likeness (QED) is 0.726. The minimum Gasteiger partial charge on any atom is -0.480 e. The lowest BCUT2D eigenvalue weighted by atomic mass is 10.1. The molecule has 0 spiro atoms. The Morgan fingerprint density at radius 2 is 2.21 bits per heavy atom. The number of aromatic nitrogens is 2. The molecule has 0 unspecified atom stereocenters. The number of carbonyl (C=O) groups is 2. The summed E-state index contributed by atoms with van der Waals surface area (Å²) in [5.41, 5.74) is 0.464. The van der Waals surface area contributed by atoms with Gasteiger partial charge < -0.3 is 20.5 Å². The van der Waals surface area contributed by atoms with Crippen molar-refractivity contribution in [2.24, 2.45) is 0 Å². The van der Waals surface area contributed by atoms with Gasteiger partial charge in [0.25, 0.3) is 0 Å². The van der Waals surface area contributed by atoms with Crippen LogP contribution in [0.1, 0.15) is 12.8 Å². The van der Waals surface area contributed by atoms with Gasteiger partial charge in [-0.2, -0.15) is 5.10 Å². The van der Waals surface area contributed by atoms with E-state index in [2.05, 4.69) is 15.7 Å². The summed E-state index contributed by atoms with van der Waals surface area (Å²) >= 11 is 0. The monoisotopic (exact) mass is 268 g/mol. The number of ether oxygens (including phenoxy) is 1. The third kappa shape index (κ3) is 4.25.